The molecule has 0 atom stereocenters. The average molecular weight is 518 g/mol. The van der Waals surface area contributed by atoms with Crippen LogP contribution < -0.4 is 10.7 Å². The SMILES string of the molecule is O=C(NCc1c[nH]c2nc(-c3ccccc3)c(-c3cc(Cl)c4ncccc4c3)cc2c1=O)c1cccnc1. The summed E-state index contributed by atoms with van der Waals surface area (Å²) in [6, 6.07) is 22.6. The first-order valence-corrected chi connectivity index (χ1v) is 12.3. The third-order valence-corrected chi connectivity index (χ3v) is 6.61. The van der Waals surface area contributed by atoms with Gasteiger partial charge in [-0.3, -0.25) is 19.6 Å². The Morgan fingerprint density at radius 2 is 1.79 bits per heavy atom. The number of aromatic amines is 1. The number of carbonyl (C=O) groups is 1. The smallest absolute Gasteiger partial charge is 0.253 e. The fourth-order valence-corrected chi connectivity index (χ4v) is 4.71. The molecule has 0 saturated heterocycles. The van der Waals surface area contributed by atoms with Crippen LogP contribution in [0.3, 0.4) is 0 Å². The summed E-state index contributed by atoms with van der Waals surface area (Å²) in [5, 5.41) is 4.60. The van der Waals surface area contributed by atoms with Crippen molar-refractivity contribution in [2.75, 3.05) is 0 Å². The number of fused-ring (bicyclic) bond motifs is 2. The fraction of sp³-hybridized carbons (Fsp3) is 0.0333. The summed E-state index contributed by atoms with van der Waals surface area (Å²) >= 11 is 6.61. The lowest BCUT2D eigenvalue weighted by atomic mass is 9.96. The molecule has 4 heterocycles. The van der Waals surface area contributed by atoms with Crippen LogP contribution in [0.1, 0.15) is 15.9 Å². The maximum atomic E-state index is 13.5. The molecule has 0 aliphatic heterocycles. The summed E-state index contributed by atoms with van der Waals surface area (Å²) in [5.41, 5.74) is 4.97. The number of benzene rings is 2. The number of H-pyrrole nitrogens is 1. The molecule has 0 saturated carbocycles. The zero-order valence-corrected chi connectivity index (χ0v) is 20.7. The van der Waals surface area contributed by atoms with Gasteiger partial charge in [-0.15, -0.1) is 0 Å². The lowest BCUT2D eigenvalue weighted by Gasteiger charge is -2.13. The number of nitrogens with one attached hydrogen (secondary N) is 2. The summed E-state index contributed by atoms with van der Waals surface area (Å²) in [6.45, 7) is 0.0578. The van der Waals surface area contributed by atoms with Crippen LogP contribution in [0.25, 0.3) is 44.3 Å². The quantitative estimate of drug-likeness (QED) is 0.302. The van der Waals surface area contributed by atoms with Crippen LogP contribution in [0.15, 0.2) is 102 Å². The molecule has 0 aliphatic carbocycles. The zero-order chi connectivity index (χ0) is 26.1. The normalized spacial score (nSPS) is 11.1. The fourth-order valence-electron chi connectivity index (χ4n) is 4.44. The monoisotopic (exact) mass is 517 g/mol. The Labute approximate surface area is 222 Å². The number of amides is 1. The number of hydrogen-bond donors (Lipinski definition) is 2. The molecule has 7 nitrogen and oxygen atoms in total. The van der Waals surface area contributed by atoms with Gasteiger partial charge in [0.15, 0.2) is 5.43 Å². The maximum absolute atomic E-state index is 13.5. The van der Waals surface area contributed by atoms with Gasteiger partial charge in [0.2, 0.25) is 0 Å². The molecule has 0 fully saturated rings. The molecule has 4 aromatic heterocycles. The maximum Gasteiger partial charge on any atom is 0.253 e. The van der Waals surface area contributed by atoms with E-state index in [1.165, 1.54) is 6.20 Å². The molecule has 2 aromatic carbocycles. The number of halogens is 1. The molecule has 0 bridgehead atoms. The molecule has 0 unspecified atom stereocenters. The molecule has 0 radical (unpaired) electrons. The summed E-state index contributed by atoms with van der Waals surface area (Å²) < 4.78 is 0. The summed E-state index contributed by atoms with van der Waals surface area (Å²) in [6.07, 6.45) is 6.37. The van der Waals surface area contributed by atoms with Gasteiger partial charge in [-0.25, -0.2) is 4.98 Å². The second kappa shape index (κ2) is 9.88. The lowest BCUT2D eigenvalue weighted by Crippen LogP contribution is -2.26. The van der Waals surface area contributed by atoms with Crippen LogP contribution in [0.5, 0.6) is 0 Å². The third-order valence-electron chi connectivity index (χ3n) is 6.32. The third kappa shape index (κ3) is 4.40. The molecule has 6 rings (SSSR count). The van der Waals surface area contributed by atoms with Crippen LogP contribution in [0.2, 0.25) is 5.02 Å². The van der Waals surface area contributed by atoms with Gasteiger partial charge in [-0.1, -0.05) is 48.0 Å². The van der Waals surface area contributed by atoms with Crippen molar-refractivity contribution in [2.24, 2.45) is 0 Å². The van der Waals surface area contributed by atoms with Crippen molar-refractivity contribution >= 4 is 39.4 Å². The second-order valence-electron chi connectivity index (χ2n) is 8.75. The first kappa shape index (κ1) is 23.5. The van der Waals surface area contributed by atoms with E-state index < -0.39 is 0 Å². The van der Waals surface area contributed by atoms with Crippen molar-refractivity contribution in [3.8, 4) is 22.4 Å². The van der Waals surface area contributed by atoms with Crippen molar-refractivity contribution in [3.63, 3.8) is 0 Å². The van der Waals surface area contributed by atoms with Crippen molar-refractivity contribution in [1.29, 1.82) is 0 Å². The Hall–Kier alpha value is -4.88. The van der Waals surface area contributed by atoms with E-state index in [0.29, 0.717) is 38.4 Å². The van der Waals surface area contributed by atoms with Crippen LogP contribution in [0.4, 0.5) is 0 Å². The van der Waals surface area contributed by atoms with E-state index in [-0.39, 0.29) is 17.9 Å². The summed E-state index contributed by atoms with van der Waals surface area (Å²) in [5.74, 6) is -0.310. The molecule has 2 N–H and O–H groups in total. The van der Waals surface area contributed by atoms with E-state index in [2.05, 4.69) is 20.3 Å². The molecule has 8 heteroatoms. The van der Waals surface area contributed by atoms with E-state index in [4.69, 9.17) is 16.6 Å². The summed E-state index contributed by atoms with van der Waals surface area (Å²) in [7, 11) is 0. The molecule has 0 aliphatic rings. The van der Waals surface area contributed by atoms with Gasteiger partial charge in [-0.05, 0) is 42.0 Å². The van der Waals surface area contributed by atoms with Crippen LogP contribution in [-0.4, -0.2) is 25.8 Å². The van der Waals surface area contributed by atoms with Gasteiger partial charge in [0.25, 0.3) is 5.91 Å². The number of nitrogens with zero attached hydrogens (tertiary/aromatic N) is 3. The highest BCUT2D eigenvalue weighted by Crippen LogP contribution is 2.36. The van der Waals surface area contributed by atoms with Gasteiger partial charge in [0.1, 0.15) is 5.65 Å². The van der Waals surface area contributed by atoms with Crippen LogP contribution in [0, 0.1) is 0 Å². The van der Waals surface area contributed by atoms with Gasteiger partial charge in [0, 0.05) is 53.4 Å². The highest BCUT2D eigenvalue weighted by Gasteiger charge is 2.17. The van der Waals surface area contributed by atoms with Crippen LogP contribution in [-0.2, 0) is 6.54 Å². The van der Waals surface area contributed by atoms with E-state index in [0.717, 1.165) is 22.1 Å². The van der Waals surface area contributed by atoms with Gasteiger partial charge < -0.3 is 10.3 Å². The number of hydrogen-bond acceptors (Lipinski definition) is 5. The molecule has 0 spiro atoms. The standard InChI is InChI=1S/C30H20ClN5O2/c31-25-13-21(12-19-8-5-11-33-27(19)25)23-14-24-28(37)22(17-35-30(38)20-9-4-10-32-15-20)16-34-29(24)36-26(23)18-6-2-1-3-7-18/h1-16H,17H2,(H,35,38)(H,34,36,37). The predicted molar refractivity (Wildman–Crippen MR) is 149 cm³/mol. The van der Waals surface area contributed by atoms with Gasteiger partial charge >= 0.3 is 0 Å². The highest BCUT2D eigenvalue weighted by molar-refractivity contribution is 6.35. The van der Waals surface area contributed by atoms with E-state index in [1.54, 1.807) is 30.7 Å². The van der Waals surface area contributed by atoms with E-state index >= 15 is 0 Å². The van der Waals surface area contributed by atoms with E-state index in [1.807, 2.05) is 60.7 Å². The Morgan fingerprint density at radius 1 is 0.947 bits per heavy atom. The number of pyridine rings is 4. The minimum Gasteiger partial charge on any atom is -0.348 e. The topological polar surface area (TPSA) is 101 Å². The summed E-state index contributed by atoms with van der Waals surface area (Å²) in [4.78, 5) is 42.4. The van der Waals surface area contributed by atoms with Crippen LogP contribution >= 0.6 is 11.6 Å². The van der Waals surface area contributed by atoms with E-state index in [9.17, 15) is 9.59 Å². The number of rotatable bonds is 5. The largest absolute Gasteiger partial charge is 0.348 e. The second-order valence-corrected chi connectivity index (χ2v) is 9.15. The first-order valence-electron chi connectivity index (χ1n) is 11.9. The molecular formula is C30H20ClN5O2. The molecule has 184 valence electrons. The average Bonchev–Trinajstić information content (AvgIpc) is 2.97. The molecule has 38 heavy (non-hydrogen) atoms. The van der Waals surface area contributed by atoms with Crippen molar-refractivity contribution in [2.45, 2.75) is 6.54 Å². The predicted octanol–water partition coefficient (Wildman–Crippen LogP) is 5.78. The lowest BCUT2D eigenvalue weighted by molar-refractivity contribution is 0.0950. The van der Waals surface area contributed by atoms with Gasteiger partial charge in [-0.2, -0.15) is 0 Å². The van der Waals surface area contributed by atoms with Crippen molar-refractivity contribution in [3.05, 3.63) is 124 Å². The first-order chi connectivity index (χ1) is 18.6. The van der Waals surface area contributed by atoms with Gasteiger partial charge in [0.05, 0.1) is 27.2 Å². The molecular weight excluding hydrogens is 498 g/mol. The Bertz CT molecular complexity index is 1870. The molecule has 6 aromatic rings. The van der Waals surface area contributed by atoms with Crippen molar-refractivity contribution < 1.29 is 4.79 Å². The highest BCUT2D eigenvalue weighted by atomic mass is 35.5. The Balaban J connectivity index is 1.48. The Kier molecular flexibility index (Phi) is 6.11. The minimum absolute atomic E-state index is 0.0578. The molecule has 1 amide bonds. The minimum atomic E-state index is -0.310. The number of carbonyl (C=O) groups excluding carboxylic acids is 1. The zero-order valence-electron chi connectivity index (χ0n) is 20.0. The Morgan fingerprint density at radius 3 is 2.61 bits per heavy atom. The van der Waals surface area contributed by atoms with Crippen molar-refractivity contribution in [1.82, 2.24) is 25.3 Å². The number of aromatic nitrogens is 4.